The molecule has 1 aliphatic carbocycles. The molecule has 2 aliphatic rings. The number of carbonyl (C=O) groups is 4. The Hall–Kier alpha value is -3.61. The lowest BCUT2D eigenvalue weighted by Gasteiger charge is -2.30. The van der Waals surface area contributed by atoms with Crippen LogP contribution in [0.5, 0.6) is 0 Å². The number of methoxy groups -OCH3 is 2. The zero-order valence-corrected chi connectivity index (χ0v) is 24.9. The van der Waals surface area contributed by atoms with Gasteiger partial charge in [-0.3, -0.25) is 14.4 Å². The SMILES string of the molecule is CO[C@H]1/C=C\C=C(/C)C(=O)NC2=CC(=O)C(NCC[18F])=C(C[C@@H](C)C[C@H](OC)[C@H](O)[C@@H](C)/C=C(\C)[C@@H]1OC(N)=O)C2=O. The van der Waals surface area contributed by atoms with Crippen LogP contribution in [0.3, 0.4) is 0 Å². The van der Waals surface area contributed by atoms with Gasteiger partial charge in [-0.15, -0.1) is 0 Å². The fraction of sp³-hybridized carbons (Fsp3) is 0.533. The van der Waals surface area contributed by atoms with Gasteiger partial charge in [-0.2, -0.15) is 0 Å². The Kier molecular flexibility index (Phi) is 13.3. The summed E-state index contributed by atoms with van der Waals surface area (Å²) < 4.78 is 29.4. The number of aliphatic hydroxyl groups is 1. The highest BCUT2D eigenvalue weighted by molar-refractivity contribution is 6.23. The van der Waals surface area contributed by atoms with E-state index in [4.69, 9.17) is 19.9 Å². The van der Waals surface area contributed by atoms with Crippen molar-refractivity contribution in [2.24, 2.45) is 17.6 Å². The van der Waals surface area contributed by atoms with Crippen molar-refractivity contribution in [3.8, 4) is 0 Å². The molecule has 12 heteroatoms. The van der Waals surface area contributed by atoms with Gasteiger partial charge in [0.1, 0.15) is 12.8 Å². The molecule has 2 amide bonds. The molecule has 0 saturated heterocycles. The van der Waals surface area contributed by atoms with Crippen molar-refractivity contribution >= 4 is 23.6 Å². The van der Waals surface area contributed by atoms with Crippen molar-refractivity contribution in [3.05, 3.63) is 58.5 Å². The van der Waals surface area contributed by atoms with Gasteiger partial charge < -0.3 is 35.7 Å². The van der Waals surface area contributed by atoms with Crippen molar-refractivity contribution in [2.75, 3.05) is 27.4 Å². The van der Waals surface area contributed by atoms with Gasteiger partial charge in [-0.1, -0.05) is 38.2 Å². The van der Waals surface area contributed by atoms with Crippen molar-refractivity contribution in [3.63, 3.8) is 0 Å². The normalized spacial score (nSPS) is 31.7. The first kappa shape index (κ1) is 34.6. The minimum absolute atomic E-state index is 0.0175. The summed E-state index contributed by atoms with van der Waals surface area (Å²) in [5.74, 6) is -2.49. The topological polar surface area (TPSA) is 166 Å². The molecule has 0 aromatic rings. The average molecular weight is 591 g/mol. The van der Waals surface area contributed by atoms with Crippen LogP contribution >= 0.6 is 0 Å². The molecule has 0 fully saturated rings. The Morgan fingerprint density at radius 3 is 2.48 bits per heavy atom. The van der Waals surface area contributed by atoms with Crippen LogP contribution in [-0.2, 0) is 28.6 Å². The van der Waals surface area contributed by atoms with Crippen LogP contribution in [-0.4, -0.2) is 80.5 Å². The summed E-state index contributed by atoms with van der Waals surface area (Å²) in [6.45, 7) is 5.92. The molecular weight excluding hydrogens is 548 g/mol. The molecule has 0 unspecified atom stereocenters. The van der Waals surface area contributed by atoms with Gasteiger partial charge in [0.25, 0.3) is 5.91 Å². The second-order valence-electron chi connectivity index (χ2n) is 10.5. The number of hydrogen-bond donors (Lipinski definition) is 4. The molecule has 42 heavy (non-hydrogen) atoms. The van der Waals surface area contributed by atoms with Gasteiger partial charge in [0.05, 0.1) is 23.6 Å². The van der Waals surface area contributed by atoms with E-state index in [1.807, 2.05) is 6.92 Å². The Labute approximate surface area is 245 Å². The number of ketones is 2. The van der Waals surface area contributed by atoms with Gasteiger partial charge in [-0.25, -0.2) is 9.18 Å². The number of nitrogens with one attached hydrogen (secondary N) is 2. The molecule has 2 bridgehead atoms. The lowest BCUT2D eigenvalue weighted by atomic mass is 9.85. The van der Waals surface area contributed by atoms with E-state index in [1.54, 1.807) is 26.0 Å². The highest BCUT2D eigenvalue weighted by Crippen LogP contribution is 2.28. The maximum atomic E-state index is 13.5. The summed E-state index contributed by atoms with van der Waals surface area (Å²) >= 11 is 0. The second kappa shape index (κ2) is 16.1. The lowest BCUT2D eigenvalue weighted by molar-refractivity contribution is -0.120. The lowest BCUT2D eigenvalue weighted by Crippen LogP contribution is -2.38. The molecule has 6 atom stereocenters. The van der Waals surface area contributed by atoms with E-state index in [9.17, 15) is 28.7 Å². The zero-order valence-electron chi connectivity index (χ0n) is 24.9. The van der Waals surface area contributed by atoms with Crippen LogP contribution in [0.4, 0.5) is 9.18 Å². The number of carbonyl (C=O) groups excluding carboxylic acids is 4. The molecule has 0 aromatic carbocycles. The third-order valence-corrected chi connectivity index (χ3v) is 7.19. The van der Waals surface area contributed by atoms with Crippen LogP contribution in [0.1, 0.15) is 40.5 Å². The number of hydrogen-bond acceptors (Lipinski definition) is 9. The Balaban J connectivity index is 2.61. The minimum atomic E-state index is -1.02. The predicted octanol–water partition coefficient (Wildman–Crippen LogP) is 2.32. The van der Waals surface area contributed by atoms with Crippen molar-refractivity contribution < 1.29 is 42.9 Å². The third-order valence-electron chi connectivity index (χ3n) is 7.19. The molecule has 0 radical (unpaired) electrons. The average Bonchev–Trinajstić information content (AvgIpc) is 2.94. The van der Waals surface area contributed by atoms with Crippen LogP contribution in [0.25, 0.3) is 0 Å². The smallest absolute Gasteiger partial charge is 0.405 e. The van der Waals surface area contributed by atoms with E-state index < -0.39 is 60.6 Å². The summed E-state index contributed by atoms with van der Waals surface area (Å²) in [6, 6.07) is 0. The number of nitrogens with two attached hydrogens (primary N) is 1. The van der Waals surface area contributed by atoms with Crippen LogP contribution < -0.4 is 16.4 Å². The maximum Gasteiger partial charge on any atom is 0.405 e. The molecular formula is C30H42FN3O8. The number of rotatable bonds is 6. The van der Waals surface area contributed by atoms with Crippen molar-refractivity contribution in [2.45, 2.75) is 65.0 Å². The number of aliphatic hydroxyl groups excluding tert-OH is 1. The van der Waals surface area contributed by atoms with Crippen molar-refractivity contribution in [1.82, 2.24) is 10.6 Å². The monoisotopic (exact) mass is 590 g/mol. The van der Waals surface area contributed by atoms with Crippen LogP contribution in [0.2, 0.25) is 0 Å². The molecule has 0 aromatic heterocycles. The van der Waals surface area contributed by atoms with E-state index in [-0.39, 0.29) is 41.4 Å². The van der Waals surface area contributed by atoms with Gasteiger partial charge >= 0.3 is 6.09 Å². The number of ether oxygens (including phenoxy) is 3. The molecule has 11 nitrogen and oxygen atoms in total. The fourth-order valence-electron chi connectivity index (χ4n) is 4.95. The summed E-state index contributed by atoms with van der Waals surface area (Å²) in [7, 11) is 2.87. The van der Waals surface area contributed by atoms with Gasteiger partial charge in [0.15, 0.2) is 6.10 Å². The van der Waals surface area contributed by atoms with E-state index in [0.717, 1.165) is 6.08 Å². The van der Waals surface area contributed by atoms with E-state index >= 15 is 0 Å². The van der Waals surface area contributed by atoms with E-state index in [0.29, 0.717) is 12.0 Å². The van der Waals surface area contributed by atoms with Gasteiger partial charge in [0.2, 0.25) is 11.6 Å². The predicted molar refractivity (Wildman–Crippen MR) is 154 cm³/mol. The molecule has 5 N–H and O–H groups in total. The standard InChI is InChI=1S/C30H42FN3O8/c1-16-12-20-25(33-11-10-31)22(35)15-21(27(20)37)34-29(38)17(2)8-7-9-23(40-5)28(42-30(32)39)19(4)14-18(3)26(36)24(13-16)41-6/h7-9,14-16,18,23-24,26,28,33,36H,10-13H2,1-6H3,(H2,32,39)(H,34,38)/b9-7-,17-8+,19-14+/t16-,18+,23+,24+,26-,28+/m1/s1/i31-1. The second-order valence-corrected chi connectivity index (χ2v) is 10.5. The number of allylic oxidation sites excluding steroid dienone is 4. The fourth-order valence-corrected chi connectivity index (χ4v) is 4.95. The molecule has 1 heterocycles. The summed E-state index contributed by atoms with van der Waals surface area (Å²) in [5, 5.41) is 16.4. The molecule has 232 valence electrons. The number of alkyl halides is 1. The van der Waals surface area contributed by atoms with Crippen LogP contribution in [0, 0.1) is 11.8 Å². The summed E-state index contributed by atoms with van der Waals surface area (Å²) in [6.07, 6.45) is 3.29. The quantitative estimate of drug-likeness (QED) is 0.268. The molecule has 0 spiro atoms. The van der Waals surface area contributed by atoms with E-state index in [1.165, 1.54) is 33.3 Å². The zero-order chi connectivity index (χ0) is 31.6. The molecule has 0 saturated carbocycles. The Morgan fingerprint density at radius 1 is 1.19 bits per heavy atom. The van der Waals surface area contributed by atoms with E-state index in [2.05, 4.69) is 10.6 Å². The van der Waals surface area contributed by atoms with Crippen molar-refractivity contribution in [1.29, 1.82) is 0 Å². The first-order valence-electron chi connectivity index (χ1n) is 13.7. The minimum Gasteiger partial charge on any atom is -0.439 e. The summed E-state index contributed by atoms with van der Waals surface area (Å²) in [5.41, 5.74) is 5.99. The molecule has 2 rings (SSSR count). The number of halogens is 1. The summed E-state index contributed by atoms with van der Waals surface area (Å²) in [4.78, 5) is 51.1. The number of fused-ring (bicyclic) bond motifs is 2. The molecule has 1 aliphatic heterocycles. The number of primary amides is 1. The largest absolute Gasteiger partial charge is 0.439 e. The first-order chi connectivity index (χ1) is 19.8. The van der Waals surface area contributed by atoms with Gasteiger partial charge in [0, 0.05) is 43.9 Å². The number of Topliss-reactive ketones (excluding diaryl/α,β-unsaturated/α-hetero) is 1. The number of amides is 2. The Bertz CT molecular complexity index is 1190. The highest BCUT2D eigenvalue weighted by Gasteiger charge is 2.33. The highest BCUT2D eigenvalue weighted by atomic mass is 18.2. The third kappa shape index (κ3) is 9.20. The van der Waals surface area contributed by atoms with Gasteiger partial charge in [-0.05, 0) is 38.2 Å². The Morgan fingerprint density at radius 2 is 1.88 bits per heavy atom. The maximum absolute atomic E-state index is 13.5. The van der Waals surface area contributed by atoms with Crippen LogP contribution in [0.15, 0.2) is 58.5 Å². The first-order valence-corrected chi connectivity index (χ1v) is 13.7.